The highest BCUT2D eigenvalue weighted by Crippen LogP contribution is 2.30. The van der Waals surface area contributed by atoms with E-state index in [0.29, 0.717) is 21.5 Å². The van der Waals surface area contributed by atoms with E-state index in [9.17, 15) is 4.79 Å². The van der Waals surface area contributed by atoms with Crippen LogP contribution < -0.4 is 5.73 Å². The molecule has 0 fully saturated rings. The van der Waals surface area contributed by atoms with Crippen molar-refractivity contribution in [1.82, 2.24) is 0 Å². The summed E-state index contributed by atoms with van der Waals surface area (Å²) in [6.45, 7) is 0. The summed E-state index contributed by atoms with van der Waals surface area (Å²) in [7, 11) is 0. The number of alkyl halides is 1. The maximum absolute atomic E-state index is 10.8. The first-order chi connectivity index (χ1) is 6.91. The fourth-order valence-electron chi connectivity index (χ4n) is 1.01. The van der Waals surface area contributed by atoms with E-state index in [1.807, 2.05) is 0 Å². The van der Waals surface area contributed by atoms with Crippen molar-refractivity contribution in [3.63, 3.8) is 0 Å². The van der Waals surface area contributed by atoms with Crippen molar-refractivity contribution in [2.45, 2.75) is 11.2 Å². The van der Waals surface area contributed by atoms with Crippen molar-refractivity contribution >= 4 is 56.6 Å². The van der Waals surface area contributed by atoms with Crippen LogP contribution in [0, 0.1) is 0 Å². The second kappa shape index (κ2) is 5.39. The first-order valence-electron chi connectivity index (χ1n) is 3.98. The SMILES string of the molecule is NC(=O)C(Br)Cc1cc(Cl)c(Cl)cc1Cl. The Hall–Kier alpha value is 0.0400. The molecule has 2 N–H and O–H groups in total. The fraction of sp³-hybridized carbons (Fsp3) is 0.222. The Morgan fingerprint density at radius 1 is 1.27 bits per heavy atom. The van der Waals surface area contributed by atoms with Crippen molar-refractivity contribution in [2.24, 2.45) is 5.73 Å². The molecule has 1 aromatic carbocycles. The molecule has 0 saturated carbocycles. The standard InChI is InChI=1S/C9H7BrCl3NO/c10-5(9(14)15)1-4-2-7(12)8(13)3-6(4)11/h2-3,5H,1H2,(H2,14,15). The Morgan fingerprint density at radius 3 is 2.33 bits per heavy atom. The summed E-state index contributed by atoms with van der Waals surface area (Å²) in [5.41, 5.74) is 5.84. The molecule has 0 heterocycles. The number of carbonyl (C=O) groups is 1. The van der Waals surface area contributed by atoms with Gasteiger partial charge < -0.3 is 5.73 Å². The summed E-state index contributed by atoms with van der Waals surface area (Å²) in [6.07, 6.45) is 0.380. The molecule has 0 aromatic heterocycles. The molecular weight excluding hydrogens is 324 g/mol. The molecule has 0 aliphatic carbocycles. The van der Waals surface area contributed by atoms with E-state index >= 15 is 0 Å². The molecule has 1 unspecified atom stereocenters. The zero-order valence-electron chi connectivity index (χ0n) is 7.44. The first kappa shape index (κ1) is 13.1. The summed E-state index contributed by atoms with van der Waals surface area (Å²) in [5, 5.41) is 1.26. The van der Waals surface area contributed by atoms with Gasteiger partial charge in [0.15, 0.2) is 0 Å². The smallest absolute Gasteiger partial charge is 0.231 e. The Kier molecular flexibility index (Phi) is 4.71. The average Bonchev–Trinajstić information content (AvgIpc) is 2.13. The van der Waals surface area contributed by atoms with Gasteiger partial charge in [-0.1, -0.05) is 50.7 Å². The number of rotatable bonds is 3. The van der Waals surface area contributed by atoms with Gasteiger partial charge >= 0.3 is 0 Å². The molecule has 15 heavy (non-hydrogen) atoms. The molecule has 0 aliphatic rings. The lowest BCUT2D eigenvalue weighted by atomic mass is 10.1. The molecule has 6 heteroatoms. The third-order valence-electron chi connectivity index (χ3n) is 1.80. The van der Waals surface area contributed by atoms with Gasteiger partial charge in [0.05, 0.1) is 14.9 Å². The Morgan fingerprint density at radius 2 is 1.80 bits per heavy atom. The van der Waals surface area contributed by atoms with Crippen molar-refractivity contribution in [3.8, 4) is 0 Å². The van der Waals surface area contributed by atoms with E-state index in [0.717, 1.165) is 5.56 Å². The number of hydrogen-bond acceptors (Lipinski definition) is 1. The molecule has 0 radical (unpaired) electrons. The summed E-state index contributed by atoms with van der Waals surface area (Å²) in [5.74, 6) is -0.447. The van der Waals surface area contributed by atoms with Gasteiger partial charge in [-0.3, -0.25) is 4.79 Å². The zero-order chi connectivity index (χ0) is 11.6. The Bertz CT molecular complexity index is 397. The topological polar surface area (TPSA) is 43.1 Å². The zero-order valence-corrected chi connectivity index (χ0v) is 11.3. The number of nitrogens with two attached hydrogens (primary N) is 1. The van der Waals surface area contributed by atoms with Gasteiger partial charge in [0.1, 0.15) is 0 Å². The van der Waals surface area contributed by atoms with Gasteiger partial charge in [-0.25, -0.2) is 0 Å². The molecule has 0 saturated heterocycles. The van der Waals surface area contributed by atoms with Gasteiger partial charge in [-0.2, -0.15) is 0 Å². The van der Waals surface area contributed by atoms with Gasteiger partial charge in [-0.15, -0.1) is 0 Å². The first-order valence-corrected chi connectivity index (χ1v) is 6.03. The van der Waals surface area contributed by atoms with Crippen LogP contribution in [0.5, 0.6) is 0 Å². The van der Waals surface area contributed by atoms with Gasteiger partial charge in [0, 0.05) is 5.02 Å². The van der Waals surface area contributed by atoms with Crippen LogP contribution in [0.4, 0.5) is 0 Å². The minimum Gasteiger partial charge on any atom is -0.369 e. The normalized spacial score (nSPS) is 12.5. The predicted molar refractivity (Wildman–Crippen MR) is 67.1 cm³/mol. The second-order valence-corrected chi connectivity index (χ2v) is 5.26. The highest BCUT2D eigenvalue weighted by Gasteiger charge is 2.14. The average molecular weight is 331 g/mol. The van der Waals surface area contributed by atoms with Crippen molar-refractivity contribution in [3.05, 3.63) is 32.8 Å². The Balaban J connectivity index is 2.95. The summed E-state index contributed by atoms with van der Waals surface area (Å²) in [6, 6.07) is 3.17. The minimum absolute atomic E-state index is 0.380. The molecular formula is C9H7BrCl3NO. The van der Waals surface area contributed by atoms with Crippen LogP contribution in [0.3, 0.4) is 0 Å². The van der Waals surface area contributed by atoms with Crippen molar-refractivity contribution in [1.29, 1.82) is 0 Å². The molecule has 2 nitrogen and oxygen atoms in total. The summed E-state index contributed by atoms with van der Waals surface area (Å²) in [4.78, 5) is 10.4. The van der Waals surface area contributed by atoms with Gasteiger partial charge in [-0.05, 0) is 24.1 Å². The molecule has 0 aliphatic heterocycles. The molecule has 82 valence electrons. The largest absolute Gasteiger partial charge is 0.369 e. The maximum atomic E-state index is 10.8. The quantitative estimate of drug-likeness (QED) is 0.669. The molecule has 0 spiro atoms. The number of hydrogen-bond donors (Lipinski definition) is 1. The Labute approximate surface area is 111 Å². The third-order valence-corrected chi connectivity index (χ3v) is 3.65. The van der Waals surface area contributed by atoms with E-state index in [1.165, 1.54) is 0 Å². The van der Waals surface area contributed by atoms with E-state index in [1.54, 1.807) is 12.1 Å². The number of halogens is 4. The van der Waals surface area contributed by atoms with Crippen LogP contribution in [0.2, 0.25) is 15.1 Å². The highest BCUT2D eigenvalue weighted by atomic mass is 79.9. The lowest BCUT2D eigenvalue weighted by Crippen LogP contribution is -2.25. The number of carbonyl (C=O) groups excluding carboxylic acids is 1. The van der Waals surface area contributed by atoms with Crippen molar-refractivity contribution < 1.29 is 4.79 Å². The van der Waals surface area contributed by atoms with E-state index < -0.39 is 10.7 Å². The number of benzene rings is 1. The van der Waals surface area contributed by atoms with Crippen LogP contribution in [0.25, 0.3) is 0 Å². The third kappa shape index (κ3) is 3.52. The fourth-order valence-corrected chi connectivity index (χ4v) is 2.01. The van der Waals surface area contributed by atoms with E-state index in [4.69, 9.17) is 40.5 Å². The van der Waals surface area contributed by atoms with Crippen LogP contribution in [-0.4, -0.2) is 10.7 Å². The molecule has 0 bridgehead atoms. The monoisotopic (exact) mass is 329 g/mol. The molecule has 1 rings (SSSR count). The van der Waals surface area contributed by atoms with E-state index in [-0.39, 0.29) is 0 Å². The number of amides is 1. The van der Waals surface area contributed by atoms with Crippen LogP contribution in [0.15, 0.2) is 12.1 Å². The summed E-state index contributed by atoms with van der Waals surface area (Å²) < 4.78 is 0. The molecule has 1 atom stereocenters. The predicted octanol–water partition coefficient (Wildman–Crippen LogP) is 3.44. The van der Waals surface area contributed by atoms with Crippen LogP contribution in [0.1, 0.15) is 5.56 Å². The summed E-state index contributed by atoms with van der Waals surface area (Å²) >= 11 is 20.7. The van der Waals surface area contributed by atoms with E-state index in [2.05, 4.69) is 15.9 Å². The number of primary amides is 1. The molecule has 1 amide bonds. The lowest BCUT2D eigenvalue weighted by Gasteiger charge is -2.08. The second-order valence-electron chi connectivity index (χ2n) is 2.93. The van der Waals surface area contributed by atoms with Crippen LogP contribution >= 0.6 is 50.7 Å². The maximum Gasteiger partial charge on any atom is 0.231 e. The lowest BCUT2D eigenvalue weighted by molar-refractivity contribution is -0.117. The molecule has 1 aromatic rings. The van der Waals surface area contributed by atoms with Gasteiger partial charge in [0.2, 0.25) is 5.91 Å². The van der Waals surface area contributed by atoms with Crippen molar-refractivity contribution in [2.75, 3.05) is 0 Å². The highest BCUT2D eigenvalue weighted by molar-refractivity contribution is 9.10. The minimum atomic E-state index is -0.466. The van der Waals surface area contributed by atoms with Crippen LogP contribution in [-0.2, 0) is 11.2 Å². The van der Waals surface area contributed by atoms with Gasteiger partial charge in [0.25, 0.3) is 0 Å².